The fraction of sp³-hybridized carbons (Fsp3) is 0.278. The summed E-state index contributed by atoms with van der Waals surface area (Å²) in [6.07, 6.45) is 0.385. The number of hydrogen-bond acceptors (Lipinski definition) is 4. The van der Waals surface area contributed by atoms with Crippen LogP contribution in [0.2, 0.25) is 0 Å². The molecule has 0 bridgehead atoms. The van der Waals surface area contributed by atoms with E-state index in [0.717, 1.165) is 11.6 Å². The quantitative estimate of drug-likeness (QED) is 0.482. The molecule has 0 aromatic heterocycles. The first-order valence-corrected chi connectivity index (χ1v) is 11.5. The van der Waals surface area contributed by atoms with Gasteiger partial charge in [0.2, 0.25) is 10.0 Å². The van der Waals surface area contributed by atoms with Crippen LogP contribution in [0.1, 0.15) is 24.5 Å². The Bertz CT molecular complexity index is 959. The van der Waals surface area contributed by atoms with Crippen LogP contribution in [0.25, 0.3) is 0 Å². The van der Waals surface area contributed by atoms with E-state index in [2.05, 4.69) is 36.6 Å². The van der Waals surface area contributed by atoms with Crippen LogP contribution in [0.4, 0.5) is 10.1 Å². The third-order valence-electron chi connectivity index (χ3n) is 3.68. The zero-order valence-electron chi connectivity index (χ0n) is 14.8. The van der Waals surface area contributed by atoms with Crippen molar-refractivity contribution in [2.75, 3.05) is 10.5 Å². The van der Waals surface area contributed by atoms with Crippen LogP contribution in [0.15, 0.2) is 39.3 Å². The third kappa shape index (κ3) is 6.75. The topological polar surface area (TPSA) is 92.7 Å². The van der Waals surface area contributed by atoms with Gasteiger partial charge >= 0.3 is 5.97 Å². The Morgan fingerprint density at radius 3 is 2.36 bits per heavy atom. The molecule has 2 rings (SSSR count). The number of aryl methyl sites for hydroxylation is 1. The number of carbonyl (C=O) groups is 1. The molecule has 0 radical (unpaired) electrons. The number of carboxylic acid groups (broad SMARTS) is 1. The number of aliphatic carboxylic acids is 1. The first-order valence-electron chi connectivity index (χ1n) is 8.22. The highest BCUT2D eigenvalue weighted by molar-refractivity contribution is 9.11. The Hall–Kier alpha value is -1.65. The molecular weight excluding hydrogens is 521 g/mol. The predicted octanol–water partition coefficient (Wildman–Crippen LogP) is 4.71. The van der Waals surface area contributed by atoms with Crippen LogP contribution in [-0.4, -0.2) is 25.2 Å². The Morgan fingerprint density at radius 1 is 1.14 bits per heavy atom. The first kappa shape index (κ1) is 22.6. The molecule has 0 aliphatic rings. The van der Waals surface area contributed by atoms with Gasteiger partial charge in [0.1, 0.15) is 18.2 Å². The number of hydrogen-bond donors (Lipinski definition) is 2. The van der Waals surface area contributed by atoms with Gasteiger partial charge in [0.15, 0.2) is 0 Å². The van der Waals surface area contributed by atoms with Crippen molar-refractivity contribution in [2.24, 2.45) is 0 Å². The van der Waals surface area contributed by atoms with E-state index < -0.39 is 21.8 Å². The molecule has 2 aromatic rings. The number of halogens is 3. The highest BCUT2D eigenvalue weighted by Gasteiger charge is 2.12. The number of rotatable bonds is 9. The van der Waals surface area contributed by atoms with E-state index >= 15 is 0 Å². The predicted molar refractivity (Wildman–Crippen MR) is 112 cm³/mol. The summed E-state index contributed by atoms with van der Waals surface area (Å²) in [4.78, 5) is 10.7. The van der Waals surface area contributed by atoms with Crippen molar-refractivity contribution in [1.29, 1.82) is 0 Å². The molecule has 0 atom stereocenters. The minimum Gasteiger partial charge on any atom is -0.487 e. The van der Waals surface area contributed by atoms with Crippen LogP contribution < -0.4 is 9.46 Å². The summed E-state index contributed by atoms with van der Waals surface area (Å²) in [5.74, 6) is -1.12. The van der Waals surface area contributed by atoms with E-state index in [9.17, 15) is 17.6 Å². The molecule has 0 aliphatic heterocycles. The SMILES string of the molecule is CCS(=O)(=O)Nc1cc(F)cc(COc2c(Br)cc(CCC(=O)O)cc2Br)c1. The smallest absolute Gasteiger partial charge is 0.303 e. The van der Waals surface area contributed by atoms with Crippen molar-refractivity contribution in [3.63, 3.8) is 0 Å². The van der Waals surface area contributed by atoms with E-state index in [0.29, 0.717) is 26.7 Å². The van der Waals surface area contributed by atoms with Crippen molar-refractivity contribution in [3.05, 3.63) is 56.2 Å². The highest BCUT2D eigenvalue weighted by atomic mass is 79.9. The summed E-state index contributed by atoms with van der Waals surface area (Å²) in [7, 11) is -3.52. The Morgan fingerprint density at radius 2 is 1.79 bits per heavy atom. The summed E-state index contributed by atoms with van der Waals surface area (Å²) >= 11 is 6.78. The standard InChI is InChI=1S/C18H18Br2FNO5S/c1-2-28(25,26)22-14-6-12(5-13(21)9-14)10-27-18-15(19)7-11(8-16(18)20)3-4-17(23)24/h5-9,22H,2-4,10H2,1H3,(H,23,24). The molecule has 6 nitrogen and oxygen atoms in total. The van der Waals surface area contributed by atoms with Gasteiger partial charge in [0, 0.05) is 6.42 Å². The minimum atomic E-state index is -3.52. The molecule has 0 aliphatic carbocycles. The van der Waals surface area contributed by atoms with Gasteiger partial charge in [0.25, 0.3) is 0 Å². The summed E-state index contributed by atoms with van der Waals surface area (Å²) in [6, 6.07) is 7.37. The zero-order chi connectivity index (χ0) is 20.9. The summed E-state index contributed by atoms with van der Waals surface area (Å²) in [6.45, 7) is 1.49. The lowest BCUT2D eigenvalue weighted by molar-refractivity contribution is -0.136. The highest BCUT2D eigenvalue weighted by Crippen LogP contribution is 2.36. The van der Waals surface area contributed by atoms with E-state index in [1.165, 1.54) is 19.1 Å². The number of nitrogens with one attached hydrogen (secondary N) is 1. The summed E-state index contributed by atoms with van der Waals surface area (Å²) in [5.41, 5.74) is 1.39. The first-order chi connectivity index (χ1) is 13.1. The van der Waals surface area contributed by atoms with Crippen molar-refractivity contribution in [1.82, 2.24) is 0 Å². The minimum absolute atomic E-state index is 0.00425. The normalized spacial score (nSPS) is 11.3. The fourth-order valence-electron chi connectivity index (χ4n) is 2.35. The van der Waals surface area contributed by atoms with Gasteiger partial charge in [-0.1, -0.05) is 0 Å². The van der Waals surface area contributed by atoms with Gasteiger partial charge in [-0.15, -0.1) is 0 Å². The summed E-state index contributed by atoms with van der Waals surface area (Å²) < 4.78 is 46.5. The molecule has 0 saturated heterocycles. The maximum atomic E-state index is 13.8. The molecule has 2 N–H and O–H groups in total. The van der Waals surface area contributed by atoms with Crippen LogP contribution in [0.3, 0.4) is 0 Å². The van der Waals surface area contributed by atoms with E-state index in [-0.39, 0.29) is 24.5 Å². The molecule has 0 heterocycles. The average Bonchev–Trinajstić information content (AvgIpc) is 2.58. The maximum Gasteiger partial charge on any atom is 0.303 e. The summed E-state index contributed by atoms with van der Waals surface area (Å²) in [5, 5.41) is 8.79. The lowest BCUT2D eigenvalue weighted by Crippen LogP contribution is -2.15. The van der Waals surface area contributed by atoms with Crippen molar-refractivity contribution in [2.45, 2.75) is 26.4 Å². The molecule has 0 spiro atoms. The number of ether oxygens (including phenoxy) is 1. The lowest BCUT2D eigenvalue weighted by Gasteiger charge is -2.13. The van der Waals surface area contributed by atoms with Crippen LogP contribution in [0, 0.1) is 5.82 Å². The van der Waals surface area contributed by atoms with Crippen LogP contribution in [0.5, 0.6) is 5.75 Å². The molecule has 2 aromatic carbocycles. The number of sulfonamides is 1. The Balaban J connectivity index is 2.15. The monoisotopic (exact) mass is 537 g/mol. The largest absolute Gasteiger partial charge is 0.487 e. The number of anilines is 1. The molecule has 0 fully saturated rings. The average molecular weight is 539 g/mol. The van der Waals surface area contributed by atoms with Crippen molar-refractivity contribution in [3.8, 4) is 5.75 Å². The van der Waals surface area contributed by atoms with Gasteiger partial charge in [-0.3, -0.25) is 9.52 Å². The molecule has 0 unspecified atom stereocenters. The molecule has 0 amide bonds. The van der Waals surface area contributed by atoms with Gasteiger partial charge in [-0.05, 0) is 86.7 Å². The number of benzene rings is 2. The second-order valence-corrected chi connectivity index (χ2v) is 9.64. The van der Waals surface area contributed by atoms with Gasteiger partial charge in [-0.25, -0.2) is 12.8 Å². The van der Waals surface area contributed by atoms with Gasteiger partial charge < -0.3 is 9.84 Å². The molecular formula is C18H18Br2FNO5S. The maximum absolute atomic E-state index is 13.8. The zero-order valence-corrected chi connectivity index (χ0v) is 18.8. The molecule has 28 heavy (non-hydrogen) atoms. The third-order valence-corrected chi connectivity index (χ3v) is 6.16. The molecule has 0 saturated carbocycles. The fourth-order valence-corrected chi connectivity index (χ4v) is 4.48. The number of carboxylic acids is 1. The van der Waals surface area contributed by atoms with Crippen molar-refractivity contribution < 1.29 is 27.4 Å². The Labute approximate surface area is 179 Å². The van der Waals surface area contributed by atoms with E-state index in [1.54, 1.807) is 12.1 Å². The second kappa shape index (κ2) is 9.71. The van der Waals surface area contributed by atoms with E-state index in [4.69, 9.17) is 9.84 Å². The van der Waals surface area contributed by atoms with Crippen LogP contribution >= 0.6 is 31.9 Å². The van der Waals surface area contributed by atoms with Crippen molar-refractivity contribution >= 4 is 53.5 Å². The van der Waals surface area contributed by atoms with E-state index in [1.807, 2.05) is 0 Å². The van der Waals surface area contributed by atoms with Crippen LogP contribution in [-0.2, 0) is 27.8 Å². The second-order valence-electron chi connectivity index (χ2n) is 5.92. The van der Waals surface area contributed by atoms with Gasteiger partial charge in [-0.2, -0.15) is 0 Å². The molecule has 10 heteroatoms. The Kier molecular flexibility index (Phi) is 7.85. The van der Waals surface area contributed by atoms with Gasteiger partial charge in [0.05, 0.1) is 20.4 Å². The molecule has 152 valence electrons. The lowest BCUT2D eigenvalue weighted by atomic mass is 10.1.